The standard InChI is InChI=1S/C20H21FN4OS/c1-22-9-8-16-17(13-26)23-10-18-20(16)19(27-24(2)3)12-25(18)11-14-4-6-15(21)7-5-14/h4-10,12-13,22H,11H2,1-3H3/b9-8-. The maximum atomic E-state index is 13.2. The van der Waals surface area contributed by atoms with Crippen LogP contribution in [-0.2, 0) is 6.54 Å². The van der Waals surface area contributed by atoms with E-state index in [-0.39, 0.29) is 5.82 Å². The van der Waals surface area contributed by atoms with Crippen LogP contribution in [0.1, 0.15) is 21.6 Å². The predicted molar refractivity (Wildman–Crippen MR) is 108 cm³/mol. The Labute approximate surface area is 162 Å². The van der Waals surface area contributed by atoms with E-state index in [1.807, 2.05) is 30.7 Å². The highest BCUT2D eigenvalue weighted by Gasteiger charge is 2.17. The summed E-state index contributed by atoms with van der Waals surface area (Å²) in [6, 6.07) is 6.46. The number of carbonyl (C=O) groups excluding carboxylic acids is 1. The SMILES string of the molecule is CN/C=C\c1c(C=O)ncc2c1c(SN(C)C)cn2Cc1ccc(F)cc1. The normalized spacial score (nSPS) is 11.6. The Bertz CT molecular complexity index is 980. The highest BCUT2D eigenvalue weighted by Crippen LogP contribution is 2.35. The topological polar surface area (TPSA) is 50.2 Å². The summed E-state index contributed by atoms with van der Waals surface area (Å²) >= 11 is 1.58. The number of pyridine rings is 1. The molecule has 7 heteroatoms. The second-order valence-electron chi connectivity index (χ2n) is 6.21. The number of aldehydes is 1. The zero-order valence-corrected chi connectivity index (χ0v) is 16.3. The molecule has 1 aromatic carbocycles. The van der Waals surface area contributed by atoms with Gasteiger partial charge in [0, 0.05) is 35.6 Å². The minimum absolute atomic E-state index is 0.253. The van der Waals surface area contributed by atoms with E-state index < -0.39 is 0 Å². The van der Waals surface area contributed by atoms with E-state index >= 15 is 0 Å². The van der Waals surface area contributed by atoms with Gasteiger partial charge in [0.1, 0.15) is 11.5 Å². The van der Waals surface area contributed by atoms with Crippen molar-refractivity contribution in [2.45, 2.75) is 11.4 Å². The Morgan fingerprint density at radius 3 is 2.67 bits per heavy atom. The lowest BCUT2D eigenvalue weighted by Gasteiger charge is -2.09. The number of nitrogens with one attached hydrogen (secondary N) is 1. The number of benzene rings is 1. The van der Waals surface area contributed by atoms with Crippen molar-refractivity contribution in [1.82, 2.24) is 19.2 Å². The third-order valence-electron chi connectivity index (χ3n) is 4.03. The van der Waals surface area contributed by atoms with Crippen LogP contribution >= 0.6 is 11.9 Å². The van der Waals surface area contributed by atoms with Crippen molar-refractivity contribution in [2.24, 2.45) is 0 Å². The monoisotopic (exact) mass is 384 g/mol. The molecule has 0 bridgehead atoms. The summed E-state index contributed by atoms with van der Waals surface area (Å²) in [5, 5.41) is 3.93. The minimum atomic E-state index is -0.253. The number of hydrogen-bond donors (Lipinski definition) is 1. The van der Waals surface area contributed by atoms with Crippen LogP contribution < -0.4 is 5.32 Å². The first-order valence-electron chi connectivity index (χ1n) is 8.44. The Morgan fingerprint density at radius 1 is 1.30 bits per heavy atom. The molecule has 140 valence electrons. The molecular weight excluding hydrogens is 363 g/mol. The molecule has 3 rings (SSSR count). The van der Waals surface area contributed by atoms with Gasteiger partial charge in [0.25, 0.3) is 0 Å². The first kappa shape index (κ1) is 19.1. The van der Waals surface area contributed by atoms with Gasteiger partial charge in [-0.2, -0.15) is 0 Å². The summed E-state index contributed by atoms with van der Waals surface area (Å²) in [7, 11) is 5.75. The maximum Gasteiger partial charge on any atom is 0.169 e. The van der Waals surface area contributed by atoms with Crippen LogP contribution in [0.4, 0.5) is 4.39 Å². The van der Waals surface area contributed by atoms with Crippen LogP contribution in [0.25, 0.3) is 17.0 Å². The van der Waals surface area contributed by atoms with Crippen molar-refractivity contribution in [3.05, 3.63) is 65.5 Å². The van der Waals surface area contributed by atoms with Crippen LogP contribution in [0, 0.1) is 5.82 Å². The number of fused-ring (bicyclic) bond motifs is 1. The van der Waals surface area contributed by atoms with E-state index in [1.165, 1.54) is 12.1 Å². The Balaban J connectivity index is 2.18. The van der Waals surface area contributed by atoms with Crippen LogP contribution in [0.15, 0.2) is 47.8 Å². The Kier molecular flexibility index (Phi) is 5.93. The van der Waals surface area contributed by atoms with Gasteiger partial charge in [0.05, 0.1) is 11.7 Å². The summed E-state index contributed by atoms with van der Waals surface area (Å²) in [6.07, 6.45) is 8.19. The summed E-state index contributed by atoms with van der Waals surface area (Å²) < 4.78 is 17.3. The van der Waals surface area contributed by atoms with E-state index in [1.54, 1.807) is 43.5 Å². The highest BCUT2D eigenvalue weighted by molar-refractivity contribution is 7.97. The summed E-state index contributed by atoms with van der Waals surface area (Å²) in [4.78, 5) is 16.9. The molecule has 0 aliphatic rings. The van der Waals surface area contributed by atoms with Crippen molar-refractivity contribution >= 4 is 35.2 Å². The van der Waals surface area contributed by atoms with Crippen molar-refractivity contribution < 1.29 is 9.18 Å². The quantitative estimate of drug-likeness (QED) is 0.496. The zero-order valence-electron chi connectivity index (χ0n) is 15.4. The molecule has 0 aliphatic carbocycles. The lowest BCUT2D eigenvalue weighted by atomic mass is 10.1. The molecule has 0 aliphatic heterocycles. The van der Waals surface area contributed by atoms with Gasteiger partial charge in [-0.25, -0.2) is 4.39 Å². The average molecular weight is 384 g/mol. The number of hydrogen-bond acceptors (Lipinski definition) is 5. The molecule has 0 fully saturated rings. The van der Waals surface area contributed by atoms with E-state index in [9.17, 15) is 9.18 Å². The maximum absolute atomic E-state index is 13.2. The van der Waals surface area contributed by atoms with Crippen LogP contribution in [-0.4, -0.2) is 41.3 Å². The third-order valence-corrected chi connectivity index (χ3v) is 4.90. The Hall–Kier alpha value is -2.64. The first-order valence-corrected chi connectivity index (χ1v) is 9.21. The van der Waals surface area contributed by atoms with Crippen molar-refractivity contribution in [3.8, 4) is 0 Å². The number of rotatable bonds is 7. The van der Waals surface area contributed by atoms with Gasteiger partial charge in [-0.3, -0.25) is 14.1 Å². The predicted octanol–water partition coefficient (Wildman–Crippen LogP) is 3.80. The molecule has 5 nitrogen and oxygen atoms in total. The molecule has 0 saturated carbocycles. The second kappa shape index (κ2) is 8.37. The lowest BCUT2D eigenvalue weighted by Crippen LogP contribution is -2.00. The fourth-order valence-electron chi connectivity index (χ4n) is 2.90. The molecule has 0 unspecified atom stereocenters. The molecule has 0 radical (unpaired) electrons. The number of carbonyl (C=O) groups is 1. The van der Waals surface area contributed by atoms with Gasteiger partial charge in [-0.05, 0) is 56.0 Å². The zero-order chi connectivity index (χ0) is 19.4. The molecule has 1 N–H and O–H groups in total. The smallest absolute Gasteiger partial charge is 0.169 e. The largest absolute Gasteiger partial charge is 0.394 e. The van der Waals surface area contributed by atoms with E-state index in [0.29, 0.717) is 12.2 Å². The highest BCUT2D eigenvalue weighted by atomic mass is 32.2. The van der Waals surface area contributed by atoms with E-state index in [4.69, 9.17) is 0 Å². The molecule has 0 amide bonds. The molecule has 0 saturated heterocycles. The fraction of sp³-hybridized carbons (Fsp3) is 0.200. The van der Waals surface area contributed by atoms with Crippen molar-refractivity contribution in [2.75, 3.05) is 21.1 Å². The van der Waals surface area contributed by atoms with Gasteiger partial charge >= 0.3 is 0 Å². The number of halogens is 1. The van der Waals surface area contributed by atoms with Gasteiger partial charge in [0.15, 0.2) is 6.29 Å². The van der Waals surface area contributed by atoms with Crippen LogP contribution in [0.3, 0.4) is 0 Å². The van der Waals surface area contributed by atoms with Crippen LogP contribution in [0.5, 0.6) is 0 Å². The number of nitrogens with zero attached hydrogens (tertiary/aromatic N) is 3. The van der Waals surface area contributed by atoms with E-state index in [0.717, 1.165) is 33.2 Å². The molecular formula is C20H21FN4OS. The van der Waals surface area contributed by atoms with Crippen LogP contribution in [0.2, 0.25) is 0 Å². The molecule has 27 heavy (non-hydrogen) atoms. The molecule has 2 heterocycles. The average Bonchev–Trinajstić information content (AvgIpc) is 2.98. The summed E-state index contributed by atoms with van der Waals surface area (Å²) in [5.41, 5.74) is 3.08. The van der Waals surface area contributed by atoms with Crippen molar-refractivity contribution in [3.63, 3.8) is 0 Å². The second-order valence-corrected chi connectivity index (χ2v) is 7.56. The van der Waals surface area contributed by atoms with Gasteiger partial charge < -0.3 is 9.88 Å². The Morgan fingerprint density at radius 2 is 2.04 bits per heavy atom. The van der Waals surface area contributed by atoms with Gasteiger partial charge in [0.2, 0.25) is 0 Å². The summed E-state index contributed by atoms with van der Waals surface area (Å²) in [6.45, 7) is 0.585. The molecule has 0 spiro atoms. The number of aromatic nitrogens is 2. The molecule has 3 aromatic rings. The molecule has 2 aromatic heterocycles. The first-order chi connectivity index (χ1) is 13.0. The van der Waals surface area contributed by atoms with Gasteiger partial charge in [-0.1, -0.05) is 12.1 Å². The lowest BCUT2D eigenvalue weighted by molar-refractivity contribution is 0.111. The fourth-order valence-corrected chi connectivity index (χ4v) is 3.77. The minimum Gasteiger partial charge on any atom is -0.394 e. The third kappa shape index (κ3) is 4.20. The van der Waals surface area contributed by atoms with Gasteiger partial charge in [-0.15, -0.1) is 0 Å². The van der Waals surface area contributed by atoms with Crippen molar-refractivity contribution in [1.29, 1.82) is 0 Å². The van der Waals surface area contributed by atoms with E-state index in [2.05, 4.69) is 14.9 Å². The summed E-state index contributed by atoms with van der Waals surface area (Å²) in [5.74, 6) is -0.253. The molecule has 0 atom stereocenters.